The van der Waals surface area contributed by atoms with Gasteiger partial charge in [0.25, 0.3) is 0 Å². The molecule has 0 saturated heterocycles. The number of halogens is 5. The van der Waals surface area contributed by atoms with E-state index < -0.39 is 22.5 Å². The van der Waals surface area contributed by atoms with Crippen LogP contribution < -0.4 is 0 Å². The molecule has 5 nitrogen and oxygen atoms in total. The van der Waals surface area contributed by atoms with Gasteiger partial charge in [-0.2, -0.15) is 18.3 Å². The van der Waals surface area contributed by atoms with Crippen molar-refractivity contribution in [3.8, 4) is 5.69 Å². The van der Waals surface area contributed by atoms with Crippen LogP contribution in [0.25, 0.3) is 5.69 Å². The highest BCUT2D eigenvalue weighted by Crippen LogP contribution is 2.38. The van der Waals surface area contributed by atoms with Gasteiger partial charge < -0.3 is 5.21 Å². The molecular formula is C13H10Cl2F3N3O2S. The van der Waals surface area contributed by atoms with Gasteiger partial charge in [-0.05, 0) is 19.1 Å². The molecule has 0 spiro atoms. The molecular weight excluding hydrogens is 390 g/mol. The number of oxime groups is 1. The second-order valence-corrected chi connectivity index (χ2v) is 6.83. The van der Waals surface area contributed by atoms with E-state index in [1.165, 1.54) is 10.9 Å². The summed E-state index contributed by atoms with van der Waals surface area (Å²) in [5.41, 5.74) is -0.562. The monoisotopic (exact) mass is 399 g/mol. The lowest BCUT2D eigenvalue weighted by molar-refractivity contribution is -0.137. The van der Waals surface area contributed by atoms with Gasteiger partial charge in [-0.25, -0.2) is 4.68 Å². The van der Waals surface area contributed by atoms with Crippen LogP contribution in [-0.4, -0.2) is 31.7 Å². The summed E-state index contributed by atoms with van der Waals surface area (Å²) in [5.74, 6) is 0. The Morgan fingerprint density at radius 3 is 2.29 bits per heavy atom. The zero-order valence-electron chi connectivity index (χ0n) is 12.2. The van der Waals surface area contributed by atoms with Gasteiger partial charge in [0.05, 0.1) is 43.2 Å². The van der Waals surface area contributed by atoms with Crippen LogP contribution in [0.1, 0.15) is 17.0 Å². The Hall–Kier alpha value is -1.58. The van der Waals surface area contributed by atoms with E-state index in [1.807, 2.05) is 0 Å². The van der Waals surface area contributed by atoms with E-state index in [4.69, 9.17) is 28.4 Å². The Morgan fingerprint density at radius 1 is 1.33 bits per heavy atom. The van der Waals surface area contributed by atoms with E-state index in [2.05, 4.69) is 10.3 Å². The summed E-state index contributed by atoms with van der Waals surface area (Å²) in [5, 5.41) is 15.0. The minimum Gasteiger partial charge on any atom is -0.411 e. The van der Waals surface area contributed by atoms with Gasteiger partial charge in [-0.1, -0.05) is 28.4 Å². The fraction of sp³-hybridized carbons (Fsp3) is 0.231. The fourth-order valence-electron chi connectivity index (χ4n) is 2.15. The minimum atomic E-state index is -4.60. The molecule has 0 saturated carbocycles. The first-order valence-corrected chi connectivity index (χ1v) is 8.56. The molecule has 0 aliphatic rings. The van der Waals surface area contributed by atoms with Crippen LogP contribution >= 0.6 is 23.2 Å². The molecule has 1 aromatic heterocycles. The molecule has 0 aliphatic carbocycles. The Morgan fingerprint density at radius 2 is 1.88 bits per heavy atom. The number of aromatic nitrogens is 2. The molecule has 2 rings (SSSR count). The fourth-order valence-corrected chi connectivity index (χ4v) is 3.69. The summed E-state index contributed by atoms with van der Waals surface area (Å²) in [4.78, 5) is 0.250. The number of nitrogens with zero attached hydrogens (tertiary/aromatic N) is 3. The van der Waals surface area contributed by atoms with Gasteiger partial charge >= 0.3 is 6.18 Å². The quantitative estimate of drug-likeness (QED) is 0.480. The van der Waals surface area contributed by atoms with Crippen molar-refractivity contribution in [3.63, 3.8) is 0 Å². The van der Waals surface area contributed by atoms with E-state index in [0.717, 1.165) is 18.3 Å². The van der Waals surface area contributed by atoms with E-state index in [9.17, 15) is 17.4 Å². The van der Waals surface area contributed by atoms with Crippen molar-refractivity contribution in [1.29, 1.82) is 0 Å². The highest BCUT2D eigenvalue weighted by atomic mass is 35.5. The second-order valence-electron chi connectivity index (χ2n) is 4.70. The third kappa shape index (κ3) is 3.42. The number of hydrogen-bond donors (Lipinski definition) is 1. The summed E-state index contributed by atoms with van der Waals surface area (Å²) in [6, 6.07) is 1.46. The molecule has 1 aromatic carbocycles. The molecule has 0 bridgehead atoms. The van der Waals surface area contributed by atoms with Gasteiger partial charge in [0.1, 0.15) is 11.4 Å². The smallest absolute Gasteiger partial charge is 0.411 e. The Balaban J connectivity index is 2.74. The maximum atomic E-state index is 12.8. The molecule has 1 atom stereocenters. The molecule has 130 valence electrons. The zero-order chi connectivity index (χ0) is 18.2. The summed E-state index contributed by atoms with van der Waals surface area (Å²) >= 11 is 11.9. The molecule has 0 amide bonds. The molecule has 0 aliphatic heterocycles. The highest BCUT2D eigenvalue weighted by Gasteiger charge is 2.32. The average molecular weight is 400 g/mol. The Labute approximate surface area is 147 Å². The van der Waals surface area contributed by atoms with Crippen molar-refractivity contribution in [2.75, 3.05) is 6.26 Å². The average Bonchev–Trinajstić information content (AvgIpc) is 2.74. The van der Waals surface area contributed by atoms with Gasteiger partial charge in [0, 0.05) is 6.26 Å². The lowest BCUT2D eigenvalue weighted by Crippen LogP contribution is -2.08. The molecule has 0 radical (unpaired) electrons. The third-order valence-electron chi connectivity index (χ3n) is 3.11. The minimum absolute atomic E-state index is 0.00752. The predicted octanol–water partition coefficient (Wildman–Crippen LogP) is 4.05. The van der Waals surface area contributed by atoms with Crippen molar-refractivity contribution >= 4 is 40.2 Å². The lowest BCUT2D eigenvalue weighted by Gasteiger charge is -2.13. The zero-order valence-corrected chi connectivity index (χ0v) is 14.6. The second kappa shape index (κ2) is 6.73. The van der Waals surface area contributed by atoms with Crippen molar-refractivity contribution in [2.45, 2.75) is 18.0 Å². The number of hydrogen-bond acceptors (Lipinski definition) is 4. The summed E-state index contributed by atoms with van der Waals surface area (Å²) in [7, 11) is -1.49. The molecule has 2 aromatic rings. The number of alkyl halides is 3. The van der Waals surface area contributed by atoms with Crippen LogP contribution in [0.2, 0.25) is 10.0 Å². The van der Waals surface area contributed by atoms with E-state index >= 15 is 0 Å². The Bertz CT molecular complexity index is 827. The van der Waals surface area contributed by atoms with Gasteiger partial charge in [0.15, 0.2) is 0 Å². The van der Waals surface area contributed by atoms with Crippen LogP contribution in [0.15, 0.2) is 22.2 Å². The van der Waals surface area contributed by atoms with Crippen LogP contribution in [0.5, 0.6) is 0 Å². The van der Waals surface area contributed by atoms with Gasteiger partial charge in [0.2, 0.25) is 0 Å². The standard InChI is InChI=1S/C13H10Cl2F3N3O2S/c1-6-12(24(2)23)10(5-19-22)20-21(6)11-8(14)3-7(4-9(11)15)13(16,17)18/h3-5,22H,1-2H3. The molecule has 1 N–H and O–H groups in total. The number of rotatable bonds is 3. The van der Waals surface area contributed by atoms with Gasteiger partial charge in [-0.3, -0.25) is 4.21 Å². The first-order chi connectivity index (χ1) is 11.1. The third-order valence-corrected chi connectivity index (χ3v) is 4.77. The largest absolute Gasteiger partial charge is 0.416 e. The van der Waals surface area contributed by atoms with Crippen molar-refractivity contribution in [3.05, 3.63) is 39.1 Å². The molecule has 24 heavy (non-hydrogen) atoms. The normalized spacial score (nSPS) is 13.6. The molecule has 0 fully saturated rings. The molecule has 1 heterocycles. The molecule has 1 unspecified atom stereocenters. The van der Waals surface area contributed by atoms with Crippen molar-refractivity contribution < 1.29 is 22.6 Å². The van der Waals surface area contributed by atoms with Crippen LogP contribution in [-0.2, 0) is 17.0 Å². The lowest BCUT2D eigenvalue weighted by atomic mass is 10.2. The maximum Gasteiger partial charge on any atom is 0.416 e. The van der Waals surface area contributed by atoms with Crippen LogP contribution in [0.4, 0.5) is 13.2 Å². The SMILES string of the molecule is Cc1c(S(C)=O)c(C=NO)nn1-c1c(Cl)cc(C(F)(F)F)cc1Cl. The highest BCUT2D eigenvalue weighted by molar-refractivity contribution is 7.84. The van der Waals surface area contributed by atoms with E-state index in [0.29, 0.717) is 5.69 Å². The molecule has 11 heteroatoms. The van der Waals surface area contributed by atoms with E-state index in [-0.39, 0.29) is 26.3 Å². The van der Waals surface area contributed by atoms with Crippen LogP contribution in [0.3, 0.4) is 0 Å². The summed E-state index contributed by atoms with van der Waals surface area (Å²) in [6.45, 7) is 1.54. The summed E-state index contributed by atoms with van der Waals surface area (Å²) in [6.07, 6.45) is -2.25. The van der Waals surface area contributed by atoms with E-state index in [1.54, 1.807) is 6.92 Å². The van der Waals surface area contributed by atoms with Crippen molar-refractivity contribution in [1.82, 2.24) is 9.78 Å². The number of benzene rings is 1. The maximum absolute atomic E-state index is 12.8. The first kappa shape index (κ1) is 18.8. The Kier molecular flexibility index (Phi) is 5.26. The van der Waals surface area contributed by atoms with Crippen molar-refractivity contribution in [2.24, 2.45) is 5.16 Å². The summed E-state index contributed by atoms with van der Waals surface area (Å²) < 4.78 is 51.5. The van der Waals surface area contributed by atoms with Crippen LogP contribution in [0, 0.1) is 6.92 Å². The predicted molar refractivity (Wildman–Crippen MR) is 85.0 cm³/mol. The topological polar surface area (TPSA) is 67.5 Å². The van der Waals surface area contributed by atoms with Gasteiger partial charge in [-0.15, -0.1) is 0 Å². The first-order valence-electron chi connectivity index (χ1n) is 6.25.